The number of carboxylic acids is 1. The lowest BCUT2D eigenvalue weighted by Crippen LogP contribution is -2.56. The van der Waals surface area contributed by atoms with Crippen molar-refractivity contribution >= 4 is 12.0 Å². The number of aliphatic carboxylic acids is 1. The highest BCUT2D eigenvalue weighted by Gasteiger charge is 2.38. The first kappa shape index (κ1) is 13.2. The average molecular weight is 254 g/mol. The number of carbonyl (C=O) groups is 2. The van der Waals surface area contributed by atoms with Gasteiger partial charge in [-0.05, 0) is 38.0 Å². The monoisotopic (exact) mass is 254 g/mol. The highest BCUT2D eigenvalue weighted by molar-refractivity contribution is 5.76. The minimum atomic E-state index is -0.772. The van der Waals surface area contributed by atoms with Crippen molar-refractivity contribution in [2.75, 3.05) is 13.1 Å². The second-order valence-corrected chi connectivity index (χ2v) is 5.62. The van der Waals surface area contributed by atoms with Crippen molar-refractivity contribution in [3.8, 4) is 0 Å². The minimum Gasteiger partial charge on any atom is -0.481 e. The summed E-state index contributed by atoms with van der Waals surface area (Å²) in [7, 11) is 0. The quantitative estimate of drug-likeness (QED) is 0.804. The molecule has 1 unspecified atom stereocenters. The smallest absolute Gasteiger partial charge is 0.317 e. The molecule has 0 aromatic rings. The topological polar surface area (TPSA) is 69.6 Å². The van der Waals surface area contributed by atoms with Gasteiger partial charge in [-0.25, -0.2) is 4.79 Å². The highest BCUT2D eigenvalue weighted by atomic mass is 16.4. The summed E-state index contributed by atoms with van der Waals surface area (Å²) in [6, 6.07) is -0.00978. The Labute approximate surface area is 108 Å². The molecule has 0 radical (unpaired) electrons. The summed E-state index contributed by atoms with van der Waals surface area (Å²) in [4.78, 5) is 24.5. The first-order valence-electron chi connectivity index (χ1n) is 6.83. The molecule has 0 spiro atoms. The molecule has 1 saturated carbocycles. The van der Waals surface area contributed by atoms with Gasteiger partial charge in [0.05, 0.1) is 0 Å². The second-order valence-electron chi connectivity index (χ2n) is 5.62. The number of nitrogens with zero attached hydrogens (tertiary/aromatic N) is 1. The van der Waals surface area contributed by atoms with Crippen LogP contribution < -0.4 is 5.32 Å². The third kappa shape index (κ3) is 2.76. The summed E-state index contributed by atoms with van der Waals surface area (Å²) in [5.74, 6) is -0.654. The number of hydrogen-bond donors (Lipinski definition) is 2. The summed E-state index contributed by atoms with van der Waals surface area (Å²) in [5.41, 5.74) is 0.0158. The maximum absolute atomic E-state index is 12.1. The van der Waals surface area contributed by atoms with Crippen LogP contribution in [0.5, 0.6) is 0 Å². The van der Waals surface area contributed by atoms with Gasteiger partial charge >= 0.3 is 12.0 Å². The number of rotatable bonds is 4. The van der Waals surface area contributed by atoms with Crippen molar-refractivity contribution in [3.63, 3.8) is 0 Å². The molecular weight excluding hydrogens is 232 g/mol. The number of hydrogen-bond acceptors (Lipinski definition) is 2. The maximum Gasteiger partial charge on any atom is 0.317 e. The molecule has 1 heterocycles. The molecule has 0 bridgehead atoms. The zero-order valence-corrected chi connectivity index (χ0v) is 10.9. The van der Waals surface area contributed by atoms with Crippen LogP contribution >= 0.6 is 0 Å². The zero-order valence-electron chi connectivity index (χ0n) is 10.9. The summed E-state index contributed by atoms with van der Waals surface area (Å²) in [6.07, 6.45) is 5.28. The van der Waals surface area contributed by atoms with Crippen molar-refractivity contribution in [1.82, 2.24) is 10.2 Å². The van der Waals surface area contributed by atoms with Crippen molar-refractivity contribution < 1.29 is 14.7 Å². The zero-order chi connectivity index (χ0) is 13.2. The van der Waals surface area contributed by atoms with Gasteiger partial charge in [0.15, 0.2) is 0 Å². The fourth-order valence-corrected chi connectivity index (χ4v) is 2.91. The van der Waals surface area contributed by atoms with Gasteiger partial charge in [0.25, 0.3) is 0 Å². The number of urea groups is 1. The molecule has 1 aliphatic heterocycles. The van der Waals surface area contributed by atoms with Gasteiger partial charge in [0, 0.05) is 25.0 Å². The van der Waals surface area contributed by atoms with E-state index in [1.807, 2.05) is 0 Å². The molecule has 1 atom stereocenters. The lowest BCUT2D eigenvalue weighted by molar-refractivity contribution is -0.138. The summed E-state index contributed by atoms with van der Waals surface area (Å²) >= 11 is 0. The molecule has 0 aromatic heterocycles. The average Bonchev–Trinajstić information content (AvgIpc) is 2.70. The van der Waals surface area contributed by atoms with Crippen LogP contribution in [-0.2, 0) is 4.79 Å². The standard InChI is InChI=1S/C13H22N2O3/c1-2-13(5-3-6-13)14-12(18)15-7-4-10(9-15)8-11(16)17/h10H,2-9H2,1H3,(H,14,18)(H,16,17). The Bertz CT molecular complexity index is 334. The molecule has 1 saturated heterocycles. The van der Waals surface area contributed by atoms with Gasteiger partial charge in [0.1, 0.15) is 0 Å². The summed E-state index contributed by atoms with van der Waals surface area (Å²) < 4.78 is 0. The Morgan fingerprint density at radius 2 is 2.17 bits per heavy atom. The number of nitrogens with one attached hydrogen (secondary N) is 1. The maximum atomic E-state index is 12.1. The van der Waals surface area contributed by atoms with E-state index in [1.165, 1.54) is 6.42 Å². The van der Waals surface area contributed by atoms with Gasteiger partial charge in [-0.3, -0.25) is 4.79 Å². The summed E-state index contributed by atoms with van der Waals surface area (Å²) in [6.45, 7) is 3.37. The molecule has 102 valence electrons. The van der Waals surface area contributed by atoms with E-state index >= 15 is 0 Å². The third-order valence-electron chi connectivity index (χ3n) is 4.40. The Hall–Kier alpha value is -1.26. The predicted octanol–water partition coefficient (Wildman–Crippen LogP) is 1.83. The van der Waals surface area contributed by atoms with Crippen molar-refractivity contribution in [3.05, 3.63) is 0 Å². The molecule has 2 amide bonds. The number of carbonyl (C=O) groups excluding carboxylic acids is 1. The van der Waals surface area contributed by atoms with Crippen molar-refractivity contribution in [1.29, 1.82) is 0 Å². The van der Waals surface area contributed by atoms with Gasteiger partial charge in [0.2, 0.25) is 0 Å². The van der Waals surface area contributed by atoms with Crippen LogP contribution in [0, 0.1) is 5.92 Å². The molecule has 0 aromatic carbocycles. The first-order valence-corrected chi connectivity index (χ1v) is 6.83. The fourth-order valence-electron chi connectivity index (χ4n) is 2.91. The minimum absolute atomic E-state index is 0.00978. The molecule has 2 aliphatic rings. The Morgan fingerprint density at radius 1 is 1.44 bits per heavy atom. The van der Waals surface area contributed by atoms with Crippen LogP contribution in [-0.4, -0.2) is 40.6 Å². The van der Waals surface area contributed by atoms with Crippen LogP contribution in [0.15, 0.2) is 0 Å². The molecule has 1 aliphatic carbocycles. The fraction of sp³-hybridized carbons (Fsp3) is 0.846. The second kappa shape index (κ2) is 5.16. The van der Waals surface area contributed by atoms with Gasteiger partial charge in [-0.1, -0.05) is 6.92 Å². The predicted molar refractivity (Wildman–Crippen MR) is 67.3 cm³/mol. The van der Waals surface area contributed by atoms with E-state index in [4.69, 9.17) is 5.11 Å². The van der Waals surface area contributed by atoms with E-state index in [0.29, 0.717) is 13.1 Å². The number of amides is 2. The largest absolute Gasteiger partial charge is 0.481 e. The van der Waals surface area contributed by atoms with E-state index in [1.54, 1.807) is 4.90 Å². The highest BCUT2D eigenvalue weighted by Crippen LogP contribution is 2.35. The molecule has 5 heteroatoms. The lowest BCUT2D eigenvalue weighted by Gasteiger charge is -2.42. The summed E-state index contributed by atoms with van der Waals surface area (Å²) in [5, 5.41) is 11.9. The van der Waals surface area contributed by atoms with E-state index in [9.17, 15) is 9.59 Å². The Kier molecular flexibility index (Phi) is 3.78. The normalized spacial score (nSPS) is 25.6. The van der Waals surface area contributed by atoms with Crippen LogP contribution in [0.25, 0.3) is 0 Å². The Balaban J connectivity index is 1.82. The van der Waals surface area contributed by atoms with Crippen molar-refractivity contribution in [2.24, 2.45) is 5.92 Å². The number of carboxylic acid groups (broad SMARTS) is 1. The van der Waals surface area contributed by atoms with E-state index in [0.717, 1.165) is 25.7 Å². The molecule has 18 heavy (non-hydrogen) atoms. The molecule has 5 nitrogen and oxygen atoms in total. The molecular formula is C13H22N2O3. The van der Waals surface area contributed by atoms with Crippen LogP contribution in [0.2, 0.25) is 0 Å². The van der Waals surface area contributed by atoms with Crippen LogP contribution in [0.1, 0.15) is 45.4 Å². The molecule has 2 N–H and O–H groups in total. The lowest BCUT2D eigenvalue weighted by atomic mass is 9.75. The first-order chi connectivity index (χ1) is 8.54. The van der Waals surface area contributed by atoms with E-state index < -0.39 is 5.97 Å². The molecule has 2 rings (SSSR count). The third-order valence-corrected chi connectivity index (χ3v) is 4.40. The van der Waals surface area contributed by atoms with Crippen LogP contribution in [0.4, 0.5) is 4.79 Å². The van der Waals surface area contributed by atoms with Gasteiger partial charge < -0.3 is 15.3 Å². The van der Waals surface area contributed by atoms with Crippen LogP contribution in [0.3, 0.4) is 0 Å². The number of likely N-dealkylation sites (tertiary alicyclic amines) is 1. The van der Waals surface area contributed by atoms with Gasteiger partial charge in [-0.2, -0.15) is 0 Å². The van der Waals surface area contributed by atoms with E-state index in [-0.39, 0.29) is 23.9 Å². The van der Waals surface area contributed by atoms with Gasteiger partial charge in [-0.15, -0.1) is 0 Å². The molecule has 2 fully saturated rings. The van der Waals surface area contributed by atoms with E-state index in [2.05, 4.69) is 12.2 Å². The SMILES string of the molecule is CCC1(NC(=O)N2CCC(CC(=O)O)C2)CCC1. The van der Waals surface area contributed by atoms with Crippen molar-refractivity contribution in [2.45, 2.75) is 51.0 Å². The Morgan fingerprint density at radius 3 is 2.67 bits per heavy atom.